The van der Waals surface area contributed by atoms with Gasteiger partial charge in [0.25, 0.3) is 11.8 Å². The third-order valence-corrected chi connectivity index (χ3v) is 5.75. The fourth-order valence-corrected chi connectivity index (χ4v) is 3.78. The van der Waals surface area contributed by atoms with Gasteiger partial charge in [-0.2, -0.15) is 0 Å². The first-order chi connectivity index (χ1) is 16.4. The third-order valence-electron chi connectivity index (χ3n) is 4.93. The predicted octanol–water partition coefficient (Wildman–Crippen LogP) is 4.43. The molecule has 3 rings (SSSR count). The lowest BCUT2D eigenvalue weighted by Gasteiger charge is -2.18. The summed E-state index contributed by atoms with van der Waals surface area (Å²) in [7, 11) is 3.02. The summed E-state index contributed by atoms with van der Waals surface area (Å²) in [5, 5.41) is 7.52. The molecule has 0 aliphatic carbocycles. The van der Waals surface area contributed by atoms with E-state index in [1.54, 1.807) is 24.3 Å². The number of benzene rings is 2. The first-order valence-electron chi connectivity index (χ1n) is 10.7. The summed E-state index contributed by atoms with van der Waals surface area (Å²) in [6, 6.07) is 15.9. The summed E-state index contributed by atoms with van der Waals surface area (Å²) < 4.78 is 16.3. The zero-order valence-corrected chi connectivity index (χ0v) is 20.4. The number of methoxy groups -OCH3 is 2. The van der Waals surface area contributed by atoms with Gasteiger partial charge >= 0.3 is 0 Å². The van der Waals surface area contributed by atoms with E-state index in [1.807, 2.05) is 55.6 Å². The Morgan fingerprint density at radius 3 is 2.44 bits per heavy atom. The molecule has 0 spiro atoms. The van der Waals surface area contributed by atoms with Crippen LogP contribution in [0.5, 0.6) is 17.2 Å². The van der Waals surface area contributed by atoms with Crippen LogP contribution in [-0.2, 0) is 4.79 Å². The molecule has 0 saturated carbocycles. The zero-order valence-electron chi connectivity index (χ0n) is 19.6. The molecular formula is C26H28N2O5S. The number of ether oxygens (including phenoxy) is 3. The largest absolute Gasteiger partial charge is 0.493 e. The molecule has 0 unspecified atom stereocenters. The molecule has 2 amide bonds. The van der Waals surface area contributed by atoms with Crippen molar-refractivity contribution in [1.29, 1.82) is 0 Å². The fourth-order valence-electron chi connectivity index (χ4n) is 3.12. The topological polar surface area (TPSA) is 85.9 Å². The summed E-state index contributed by atoms with van der Waals surface area (Å²) in [6.07, 6.45) is 1.65. The SMILES string of the molecule is COc1ccc(C(=O)N/C(=C\c2cccs2)C(=O)N[C@H](C)COc2ccccc2C)cc1OC. The van der Waals surface area contributed by atoms with Gasteiger partial charge in [-0.1, -0.05) is 24.3 Å². The number of para-hydroxylation sites is 1. The van der Waals surface area contributed by atoms with E-state index in [-0.39, 0.29) is 18.3 Å². The Balaban J connectivity index is 1.72. The molecule has 0 saturated heterocycles. The van der Waals surface area contributed by atoms with Crippen LogP contribution >= 0.6 is 11.3 Å². The fraction of sp³-hybridized carbons (Fsp3) is 0.231. The molecule has 3 aromatic rings. The van der Waals surface area contributed by atoms with E-state index < -0.39 is 11.8 Å². The van der Waals surface area contributed by atoms with Crippen LogP contribution in [0.2, 0.25) is 0 Å². The summed E-state index contributed by atoms with van der Waals surface area (Å²) >= 11 is 1.46. The Hall–Kier alpha value is -3.78. The molecule has 0 aliphatic heterocycles. The lowest BCUT2D eigenvalue weighted by atomic mass is 10.1. The van der Waals surface area contributed by atoms with Crippen LogP contribution in [0.3, 0.4) is 0 Å². The summed E-state index contributed by atoms with van der Waals surface area (Å²) in [6.45, 7) is 4.09. The lowest BCUT2D eigenvalue weighted by molar-refractivity contribution is -0.118. The Labute approximate surface area is 203 Å². The molecule has 8 heteroatoms. The average Bonchev–Trinajstić information content (AvgIpc) is 3.35. The molecule has 1 atom stereocenters. The highest BCUT2D eigenvalue weighted by atomic mass is 32.1. The number of amides is 2. The van der Waals surface area contributed by atoms with Gasteiger partial charge in [0.2, 0.25) is 0 Å². The first kappa shape index (κ1) is 24.9. The van der Waals surface area contributed by atoms with Gasteiger partial charge in [-0.15, -0.1) is 11.3 Å². The second-order valence-corrected chi connectivity index (χ2v) is 8.53. The van der Waals surface area contributed by atoms with Crippen molar-refractivity contribution in [3.05, 3.63) is 81.7 Å². The number of carbonyl (C=O) groups excluding carboxylic acids is 2. The normalized spacial score (nSPS) is 11.9. The maximum Gasteiger partial charge on any atom is 0.268 e. The van der Waals surface area contributed by atoms with Crippen LogP contribution in [-0.4, -0.2) is 38.7 Å². The minimum absolute atomic E-state index is 0.130. The molecule has 0 aliphatic rings. The Kier molecular flexibility index (Phi) is 8.70. The highest BCUT2D eigenvalue weighted by Crippen LogP contribution is 2.27. The van der Waals surface area contributed by atoms with E-state index in [2.05, 4.69) is 10.6 Å². The monoisotopic (exact) mass is 480 g/mol. The molecule has 0 radical (unpaired) electrons. The van der Waals surface area contributed by atoms with Crippen molar-refractivity contribution < 1.29 is 23.8 Å². The Morgan fingerprint density at radius 2 is 1.76 bits per heavy atom. The van der Waals surface area contributed by atoms with Crippen LogP contribution in [0.15, 0.2) is 65.7 Å². The minimum atomic E-state index is -0.442. The second kappa shape index (κ2) is 11.9. The standard InChI is InChI=1S/C26H28N2O5S/c1-17-8-5-6-10-22(17)33-16-18(2)27-26(30)21(15-20-9-7-13-34-20)28-25(29)19-11-12-23(31-3)24(14-19)32-4/h5-15,18H,16H2,1-4H3,(H,27,30)(H,28,29)/b21-15-/t18-/m1/s1. The zero-order chi connectivity index (χ0) is 24.5. The number of rotatable bonds is 10. The molecule has 178 valence electrons. The lowest BCUT2D eigenvalue weighted by Crippen LogP contribution is -2.41. The van der Waals surface area contributed by atoms with E-state index in [1.165, 1.54) is 25.6 Å². The van der Waals surface area contributed by atoms with Crippen molar-refractivity contribution in [2.75, 3.05) is 20.8 Å². The summed E-state index contributed by atoms with van der Waals surface area (Å²) in [4.78, 5) is 26.8. The van der Waals surface area contributed by atoms with E-state index in [4.69, 9.17) is 14.2 Å². The quantitative estimate of drug-likeness (QED) is 0.420. The average molecular weight is 481 g/mol. The number of nitrogens with one attached hydrogen (secondary N) is 2. The maximum atomic E-state index is 13.1. The third kappa shape index (κ3) is 6.62. The van der Waals surface area contributed by atoms with Crippen molar-refractivity contribution >= 4 is 29.2 Å². The van der Waals surface area contributed by atoms with Crippen molar-refractivity contribution in [1.82, 2.24) is 10.6 Å². The Morgan fingerprint density at radius 1 is 1.00 bits per heavy atom. The smallest absolute Gasteiger partial charge is 0.268 e. The molecule has 34 heavy (non-hydrogen) atoms. The molecular weight excluding hydrogens is 452 g/mol. The van der Waals surface area contributed by atoms with Crippen molar-refractivity contribution in [3.8, 4) is 17.2 Å². The Bertz CT molecular complexity index is 1160. The van der Waals surface area contributed by atoms with Gasteiger partial charge < -0.3 is 24.8 Å². The van der Waals surface area contributed by atoms with Gasteiger partial charge in [-0.25, -0.2) is 0 Å². The maximum absolute atomic E-state index is 13.1. The molecule has 1 aromatic heterocycles. The van der Waals surface area contributed by atoms with Gasteiger partial charge in [0, 0.05) is 10.4 Å². The van der Waals surface area contributed by atoms with Crippen LogP contribution in [0.1, 0.15) is 27.7 Å². The highest BCUT2D eigenvalue weighted by Gasteiger charge is 2.18. The van der Waals surface area contributed by atoms with Gasteiger partial charge in [0.05, 0.1) is 20.3 Å². The van der Waals surface area contributed by atoms with E-state index in [0.29, 0.717) is 17.1 Å². The number of thiophene rings is 1. The number of hydrogen-bond acceptors (Lipinski definition) is 6. The molecule has 0 fully saturated rings. The van der Waals surface area contributed by atoms with Crippen LogP contribution < -0.4 is 24.8 Å². The van der Waals surface area contributed by atoms with Crippen molar-refractivity contribution in [3.63, 3.8) is 0 Å². The summed E-state index contributed by atoms with van der Waals surface area (Å²) in [5.41, 5.74) is 1.48. The minimum Gasteiger partial charge on any atom is -0.493 e. The van der Waals surface area contributed by atoms with Crippen LogP contribution in [0.4, 0.5) is 0 Å². The van der Waals surface area contributed by atoms with Gasteiger partial charge in [0.15, 0.2) is 11.5 Å². The predicted molar refractivity (Wildman–Crippen MR) is 134 cm³/mol. The first-order valence-corrected chi connectivity index (χ1v) is 11.6. The molecule has 7 nitrogen and oxygen atoms in total. The molecule has 1 heterocycles. The van der Waals surface area contributed by atoms with Crippen molar-refractivity contribution in [2.24, 2.45) is 0 Å². The van der Waals surface area contributed by atoms with Crippen molar-refractivity contribution in [2.45, 2.75) is 19.9 Å². The molecule has 0 bridgehead atoms. The molecule has 2 N–H and O–H groups in total. The number of carbonyl (C=O) groups is 2. The number of hydrogen-bond donors (Lipinski definition) is 2. The highest BCUT2D eigenvalue weighted by molar-refractivity contribution is 7.10. The second-order valence-electron chi connectivity index (χ2n) is 7.55. The van der Waals surface area contributed by atoms with Gasteiger partial charge in [-0.05, 0) is 61.2 Å². The summed E-state index contributed by atoms with van der Waals surface area (Å²) in [5.74, 6) is 0.838. The van der Waals surface area contributed by atoms with Crippen LogP contribution in [0.25, 0.3) is 6.08 Å². The van der Waals surface area contributed by atoms with E-state index >= 15 is 0 Å². The molecule has 2 aromatic carbocycles. The van der Waals surface area contributed by atoms with Crippen LogP contribution in [0, 0.1) is 6.92 Å². The number of aryl methyl sites for hydroxylation is 1. The van der Waals surface area contributed by atoms with E-state index in [0.717, 1.165) is 16.2 Å². The van der Waals surface area contributed by atoms with Gasteiger partial charge in [-0.3, -0.25) is 9.59 Å². The van der Waals surface area contributed by atoms with E-state index in [9.17, 15) is 9.59 Å². The van der Waals surface area contributed by atoms with Gasteiger partial charge in [0.1, 0.15) is 18.1 Å².